The summed E-state index contributed by atoms with van der Waals surface area (Å²) in [5.74, 6) is 1.55. The molecule has 3 heteroatoms. The summed E-state index contributed by atoms with van der Waals surface area (Å²) >= 11 is 6.36. The van der Waals surface area contributed by atoms with Crippen molar-refractivity contribution in [1.29, 1.82) is 0 Å². The van der Waals surface area contributed by atoms with Crippen molar-refractivity contribution < 1.29 is 4.74 Å². The van der Waals surface area contributed by atoms with Gasteiger partial charge in [0.1, 0.15) is 5.75 Å². The van der Waals surface area contributed by atoms with E-state index in [0.717, 1.165) is 36.2 Å². The molecule has 0 radical (unpaired) electrons. The SMILES string of the molecule is COc1cc(C)cc(CC2CCNCC2)c1Cl. The van der Waals surface area contributed by atoms with E-state index >= 15 is 0 Å². The van der Waals surface area contributed by atoms with Gasteiger partial charge < -0.3 is 10.1 Å². The fourth-order valence-electron chi connectivity index (χ4n) is 2.50. The number of nitrogens with one attached hydrogen (secondary N) is 1. The lowest BCUT2D eigenvalue weighted by Gasteiger charge is -2.23. The highest BCUT2D eigenvalue weighted by atomic mass is 35.5. The number of methoxy groups -OCH3 is 1. The first-order chi connectivity index (χ1) is 8.20. The van der Waals surface area contributed by atoms with Crippen LogP contribution >= 0.6 is 11.6 Å². The molecule has 0 atom stereocenters. The molecule has 1 aromatic rings. The van der Waals surface area contributed by atoms with Crippen LogP contribution in [0.5, 0.6) is 5.75 Å². The Morgan fingerprint density at radius 2 is 2.06 bits per heavy atom. The van der Waals surface area contributed by atoms with Gasteiger partial charge in [0.2, 0.25) is 0 Å². The molecule has 1 N–H and O–H groups in total. The highest BCUT2D eigenvalue weighted by Gasteiger charge is 2.16. The summed E-state index contributed by atoms with van der Waals surface area (Å²) in [6.07, 6.45) is 3.55. The number of ether oxygens (including phenoxy) is 1. The minimum Gasteiger partial charge on any atom is -0.495 e. The molecule has 0 saturated carbocycles. The molecular formula is C14H20ClNO. The predicted octanol–water partition coefficient (Wildman–Crippen LogP) is 3.20. The number of aryl methyl sites for hydroxylation is 1. The van der Waals surface area contributed by atoms with Crippen LogP contribution in [0.1, 0.15) is 24.0 Å². The first-order valence-electron chi connectivity index (χ1n) is 6.24. The van der Waals surface area contributed by atoms with Gasteiger partial charge in [-0.3, -0.25) is 0 Å². The Kier molecular flexibility index (Phi) is 4.30. The second-order valence-corrected chi connectivity index (χ2v) is 5.22. The van der Waals surface area contributed by atoms with Gasteiger partial charge in [0, 0.05) is 0 Å². The maximum atomic E-state index is 6.36. The highest BCUT2D eigenvalue weighted by molar-refractivity contribution is 6.32. The van der Waals surface area contributed by atoms with Crippen LogP contribution in [0, 0.1) is 12.8 Å². The van der Waals surface area contributed by atoms with E-state index in [2.05, 4.69) is 18.3 Å². The molecule has 2 rings (SSSR count). The first-order valence-corrected chi connectivity index (χ1v) is 6.62. The number of halogens is 1. The topological polar surface area (TPSA) is 21.3 Å². The molecule has 1 aliphatic rings. The van der Waals surface area contributed by atoms with Gasteiger partial charge in [-0.15, -0.1) is 0 Å². The molecule has 0 bridgehead atoms. The zero-order valence-electron chi connectivity index (χ0n) is 10.6. The van der Waals surface area contributed by atoms with E-state index in [-0.39, 0.29) is 0 Å². The van der Waals surface area contributed by atoms with E-state index in [4.69, 9.17) is 16.3 Å². The van der Waals surface area contributed by atoms with Crippen molar-refractivity contribution in [2.24, 2.45) is 5.92 Å². The Morgan fingerprint density at radius 3 is 2.71 bits per heavy atom. The minimum absolute atomic E-state index is 0.750. The average molecular weight is 254 g/mol. The largest absolute Gasteiger partial charge is 0.495 e. The average Bonchev–Trinajstić information content (AvgIpc) is 2.34. The summed E-state index contributed by atoms with van der Waals surface area (Å²) in [6.45, 7) is 4.35. The van der Waals surface area contributed by atoms with Crippen LogP contribution in [0.3, 0.4) is 0 Å². The fraction of sp³-hybridized carbons (Fsp3) is 0.571. The maximum absolute atomic E-state index is 6.36. The van der Waals surface area contributed by atoms with Crippen LogP contribution in [0.2, 0.25) is 5.02 Å². The Labute approximate surface area is 108 Å². The zero-order chi connectivity index (χ0) is 12.3. The standard InChI is InChI=1S/C14H20ClNO/c1-10-7-12(14(15)13(8-10)17-2)9-11-3-5-16-6-4-11/h7-8,11,16H,3-6,9H2,1-2H3. The highest BCUT2D eigenvalue weighted by Crippen LogP contribution is 2.32. The molecule has 0 amide bonds. The molecule has 1 fully saturated rings. The number of hydrogen-bond donors (Lipinski definition) is 1. The predicted molar refractivity (Wildman–Crippen MR) is 72.0 cm³/mol. The van der Waals surface area contributed by atoms with Crippen molar-refractivity contribution in [3.63, 3.8) is 0 Å². The molecule has 94 valence electrons. The summed E-state index contributed by atoms with van der Waals surface area (Å²) in [7, 11) is 1.68. The van der Waals surface area contributed by atoms with Crippen molar-refractivity contribution in [3.05, 3.63) is 28.3 Å². The molecule has 0 aliphatic carbocycles. The van der Waals surface area contributed by atoms with Crippen LogP contribution in [-0.4, -0.2) is 20.2 Å². The third-order valence-electron chi connectivity index (χ3n) is 3.45. The Bertz CT molecular complexity index is 386. The maximum Gasteiger partial charge on any atom is 0.137 e. The third kappa shape index (κ3) is 3.14. The molecular weight excluding hydrogens is 234 g/mol. The second kappa shape index (κ2) is 5.74. The molecule has 1 aromatic carbocycles. The number of benzene rings is 1. The summed E-state index contributed by atoms with van der Waals surface area (Å²) in [6, 6.07) is 4.18. The van der Waals surface area contributed by atoms with Gasteiger partial charge in [-0.25, -0.2) is 0 Å². The van der Waals surface area contributed by atoms with E-state index in [1.807, 2.05) is 6.07 Å². The molecule has 1 aliphatic heterocycles. The summed E-state index contributed by atoms with van der Waals surface area (Å²) in [5, 5.41) is 4.18. The van der Waals surface area contributed by atoms with E-state index in [9.17, 15) is 0 Å². The second-order valence-electron chi connectivity index (χ2n) is 4.84. The molecule has 17 heavy (non-hydrogen) atoms. The van der Waals surface area contributed by atoms with Crippen LogP contribution in [-0.2, 0) is 6.42 Å². The molecule has 0 unspecified atom stereocenters. The summed E-state index contributed by atoms with van der Waals surface area (Å²) < 4.78 is 5.31. The Balaban J connectivity index is 2.16. The van der Waals surface area contributed by atoms with E-state index in [0.29, 0.717) is 0 Å². The van der Waals surface area contributed by atoms with Gasteiger partial charge in [-0.2, -0.15) is 0 Å². The number of rotatable bonds is 3. The van der Waals surface area contributed by atoms with Crippen molar-refractivity contribution in [1.82, 2.24) is 5.32 Å². The van der Waals surface area contributed by atoms with Crippen LogP contribution in [0.25, 0.3) is 0 Å². The van der Waals surface area contributed by atoms with Crippen molar-refractivity contribution >= 4 is 11.6 Å². The summed E-state index contributed by atoms with van der Waals surface area (Å²) in [5.41, 5.74) is 2.45. The van der Waals surface area contributed by atoms with Crippen LogP contribution in [0.15, 0.2) is 12.1 Å². The molecule has 0 aromatic heterocycles. The quantitative estimate of drug-likeness (QED) is 0.893. The normalized spacial score (nSPS) is 17.1. The zero-order valence-corrected chi connectivity index (χ0v) is 11.3. The monoisotopic (exact) mass is 253 g/mol. The van der Waals surface area contributed by atoms with Gasteiger partial charge in [0.25, 0.3) is 0 Å². The lowest BCUT2D eigenvalue weighted by molar-refractivity contribution is 0.371. The molecule has 2 nitrogen and oxygen atoms in total. The number of hydrogen-bond acceptors (Lipinski definition) is 2. The summed E-state index contributed by atoms with van der Waals surface area (Å²) in [4.78, 5) is 0. The fourth-order valence-corrected chi connectivity index (χ4v) is 2.77. The van der Waals surface area contributed by atoms with E-state index in [1.54, 1.807) is 7.11 Å². The Hall–Kier alpha value is -0.730. The molecule has 0 spiro atoms. The van der Waals surface area contributed by atoms with Crippen molar-refractivity contribution in [3.8, 4) is 5.75 Å². The van der Waals surface area contributed by atoms with Gasteiger partial charge in [0.15, 0.2) is 0 Å². The van der Waals surface area contributed by atoms with Crippen LogP contribution < -0.4 is 10.1 Å². The third-order valence-corrected chi connectivity index (χ3v) is 3.88. The number of piperidine rings is 1. The lowest BCUT2D eigenvalue weighted by atomic mass is 9.90. The first kappa shape index (κ1) is 12.7. The Morgan fingerprint density at radius 1 is 1.35 bits per heavy atom. The van der Waals surface area contributed by atoms with E-state index in [1.165, 1.54) is 24.0 Å². The van der Waals surface area contributed by atoms with Gasteiger partial charge in [0.05, 0.1) is 12.1 Å². The van der Waals surface area contributed by atoms with Gasteiger partial charge >= 0.3 is 0 Å². The van der Waals surface area contributed by atoms with E-state index < -0.39 is 0 Å². The van der Waals surface area contributed by atoms with Gasteiger partial charge in [-0.1, -0.05) is 17.7 Å². The van der Waals surface area contributed by atoms with Crippen molar-refractivity contribution in [2.75, 3.05) is 20.2 Å². The lowest BCUT2D eigenvalue weighted by Crippen LogP contribution is -2.28. The van der Waals surface area contributed by atoms with Crippen molar-refractivity contribution in [2.45, 2.75) is 26.2 Å². The van der Waals surface area contributed by atoms with Gasteiger partial charge in [-0.05, 0) is 62.4 Å². The molecule has 1 heterocycles. The smallest absolute Gasteiger partial charge is 0.137 e. The molecule has 1 saturated heterocycles. The minimum atomic E-state index is 0.750. The van der Waals surface area contributed by atoms with Crippen LogP contribution in [0.4, 0.5) is 0 Å².